The van der Waals surface area contributed by atoms with Gasteiger partial charge in [-0.15, -0.1) is 0 Å². The molecule has 0 spiro atoms. The summed E-state index contributed by atoms with van der Waals surface area (Å²) < 4.78 is 0. The fourth-order valence-electron chi connectivity index (χ4n) is 2.35. The van der Waals surface area contributed by atoms with Crippen molar-refractivity contribution in [3.63, 3.8) is 0 Å². The number of carbonyl (C=O) groups excluding carboxylic acids is 1. The van der Waals surface area contributed by atoms with Gasteiger partial charge >= 0.3 is 0 Å². The van der Waals surface area contributed by atoms with E-state index in [0.29, 0.717) is 16.9 Å². The summed E-state index contributed by atoms with van der Waals surface area (Å²) in [6, 6.07) is 9.13. The monoisotopic (exact) mass is 315 g/mol. The minimum absolute atomic E-state index is 0.102. The standard InChI is InChI=1S/C18H18ClNO2/c1-3-12-6-5-7-13(4-2)17(12)20-10-14-8-16(19)9-15(11-21)18(14)22/h5-11,22H,3-4H2,1-2H3. The topological polar surface area (TPSA) is 49.7 Å². The Morgan fingerprint density at radius 2 is 1.73 bits per heavy atom. The van der Waals surface area contributed by atoms with Gasteiger partial charge in [0.1, 0.15) is 5.75 Å². The Hall–Kier alpha value is -2.13. The van der Waals surface area contributed by atoms with Crippen LogP contribution in [-0.2, 0) is 12.8 Å². The average Bonchev–Trinajstić information content (AvgIpc) is 2.54. The van der Waals surface area contributed by atoms with Crippen molar-refractivity contribution in [2.75, 3.05) is 0 Å². The van der Waals surface area contributed by atoms with Crippen molar-refractivity contribution in [1.82, 2.24) is 0 Å². The van der Waals surface area contributed by atoms with E-state index >= 15 is 0 Å². The van der Waals surface area contributed by atoms with Crippen molar-refractivity contribution in [1.29, 1.82) is 0 Å². The second-order valence-corrected chi connectivity index (χ2v) is 5.38. The number of carbonyl (C=O) groups is 1. The van der Waals surface area contributed by atoms with Crippen molar-refractivity contribution in [2.45, 2.75) is 26.7 Å². The number of halogens is 1. The predicted octanol–water partition coefficient (Wildman–Crippen LogP) is 4.73. The highest BCUT2D eigenvalue weighted by Gasteiger charge is 2.09. The molecule has 2 aromatic carbocycles. The van der Waals surface area contributed by atoms with Gasteiger partial charge in [-0.3, -0.25) is 9.79 Å². The van der Waals surface area contributed by atoms with Crippen LogP contribution in [0.3, 0.4) is 0 Å². The molecule has 0 saturated heterocycles. The van der Waals surface area contributed by atoms with Crippen LogP contribution in [0.1, 0.15) is 40.9 Å². The lowest BCUT2D eigenvalue weighted by Gasteiger charge is -2.09. The molecule has 0 aliphatic carbocycles. The summed E-state index contributed by atoms with van der Waals surface area (Å²) in [6.07, 6.45) is 3.89. The Morgan fingerprint density at radius 3 is 2.27 bits per heavy atom. The minimum Gasteiger partial charge on any atom is -0.507 e. The second-order valence-electron chi connectivity index (χ2n) is 4.94. The molecule has 0 fully saturated rings. The van der Waals surface area contributed by atoms with Crippen LogP contribution >= 0.6 is 11.6 Å². The first-order valence-corrected chi connectivity index (χ1v) is 7.61. The van der Waals surface area contributed by atoms with Gasteiger partial charge in [0, 0.05) is 16.8 Å². The number of aldehydes is 1. The van der Waals surface area contributed by atoms with Crippen LogP contribution in [0.4, 0.5) is 5.69 Å². The van der Waals surface area contributed by atoms with Crippen LogP contribution in [0.2, 0.25) is 5.02 Å². The zero-order valence-electron chi connectivity index (χ0n) is 12.6. The maximum atomic E-state index is 10.9. The molecule has 0 heterocycles. The van der Waals surface area contributed by atoms with Crippen LogP contribution < -0.4 is 0 Å². The van der Waals surface area contributed by atoms with Crippen LogP contribution in [-0.4, -0.2) is 17.6 Å². The summed E-state index contributed by atoms with van der Waals surface area (Å²) in [6.45, 7) is 4.16. The molecule has 0 aromatic heterocycles. The van der Waals surface area contributed by atoms with Crippen molar-refractivity contribution in [3.05, 3.63) is 57.6 Å². The minimum atomic E-state index is -0.102. The molecule has 22 heavy (non-hydrogen) atoms. The van der Waals surface area contributed by atoms with Gasteiger partial charge < -0.3 is 5.11 Å². The lowest BCUT2D eigenvalue weighted by atomic mass is 10.0. The van der Waals surface area contributed by atoms with Gasteiger partial charge in [0.25, 0.3) is 0 Å². The number of phenolic OH excluding ortho intramolecular Hbond substituents is 1. The Kier molecular flexibility index (Phi) is 5.34. The van der Waals surface area contributed by atoms with Crippen molar-refractivity contribution in [2.24, 2.45) is 4.99 Å². The molecule has 4 heteroatoms. The molecule has 0 unspecified atom stereocenters. The molecule has 0 atom stereocenters. The Labute approximate surface area is 135 Å². The molecule has 0 aliphatic rings. The van der Waals surface area contributed by atoms with Gasteiger partial charge in [-0.1, -0.05) is 43.6 Å². The number of hydrogen-bond donors (Lipinski definition) is 1. The molecular formula is C18H18ClNO2. The summed E-state index contributed by atoms with van der Waals surface area (Å²) >= 11 is 5.97. The normalized spacial score (nSPS) is 11.0. The first-order chi connectivity index (χ1) is 10.6. The lowest BCUT2D eigenvalue weighted by Crippen LogP contribution is -1.92. The molecule has 0 saturated carbocycles. The van der Waals surface area contributed by atoms with E-state index in [0.717, 1.165) is 29.7 Å². The van der Waals surface area contributed by atoms with E-state index in [1.807, 2.05) is 18.2 Å². The first-order valence-electron chi connectivity index (χ1n) is 7.23. The zero-order chi connectivity index (χ0) is 16.1. The molecule has 0 bridgehead atoms. The summed E-state index contributed by atoms with van der Waals surface area (Å²) in [5.74, 6) is -0.102. The molecule has 114 valence electrons. The second kappa shape index (κ2) is 7.23. The summed E-state index contributed by atoms with van der Waals surface area (Å²) in [5.41, 5.74) is 3.80. The van der Waals surface area contributed by atoms with Gasteiger partial charge in [0.2, 0.25) is 0 Å². The average molecular weight is 316 g/mol. The summed E-state index contributed by atoms with van der Waals surface area (Å²) in [5, 5.41) is 10.5. The molecular weight excluding hydrogens is 298 g/mol. The third kappa shape index (κ3) is 3.37. The van der Waals surface area contributed by atoms with Crippen LogP contribution in [0.25, 0.3) is 0 Å². The molecule has 0 aliphatic heterocycles. The van der Waals surface area contributed by atoms with Gasteiger partial charge in [0.05, 0.1) is 11.3 Å². The predicted molar refractivity (Wildman–Crippen MR) is 91.0 cm³/mol. The number of rotatable bonds is 5. The highest BCUT2D eigenvalue weighted by atomic mass is 35.5. The van der Waals surface area contributed by atoms with E-state index in [4.69, 9.17) is 11.6 Å². The van der Waals surface area contributed by atoms with E-state index in [9.17, 15) is 9.90 Å². The molecule has 0 amide bonds. The van der Waals surface area contributed by atoms with E-state index in [1.54, 1.807) is 12.3 Å². The van der Waals surface area contributed by atoms with Crippen molar-refractivity contribution < 1.29 is 9.90 Å². The SMILES string of the molecule is CCc1cccc(CC)c1N=Cc1cc(Cl)cc(C=O)c1O. The largest absolute Gasteiger partial charge is 0.507 e. The van der Waals surface area contributed by atoms with Gasteiger partial charge in [0.15, 0.2) is 6.29 Å². The lowest BCUT2D eigenvalue weighted by molar-refractivity contribution is 0.112. The Balaban J connectivity index is 2.50. The number of aromatic hydroxyl groups is 1. The van der Waals surface area contributed by atoms with Crippen LogP contribution in [0, 0.1) is 0 Å². The van der Waals surface area contributed by atoms with E-state index in [1.165, 1.54) is 6.07 Å². The molecule has 0 radical (unpaired) electrons. The Bertz CT molecular complexity index is 701. The summed E-state index contributed by atoms with van der Waals surface area (Å²) in [4.78, 5) is 15.5. The van der Waals surface area contributed by atoms with Gasteiger partial charge in [-0.25, -0.2) is 0 Å². The zero-order valence-corrected chi connectivity index (χ0v) is 13.4. The summed E-state index contributed by atoms with van der Waals surface area (Å²) in [7, 11) is 0. The highest BCUT2D eigenvalue weighted by Crippen LogP contribution is 2.28. The van der Waals surface area contributed by atoms with Crippen molar-refractivity contribution in [3.8, 4) is 5.75 Å². The first kappa shape index (κ1) is 16.2. The number of hydrogen-bond acceptors (Lipinski definition) is 3. The van der Waals surface area contributed by atoms with Crippen LogP contribution in [0.5, 0.6) is 5.75 Å². The molecule has 2 aromatic rings. The van der Waals surface area contributed by atoms with Gasteiger partial charge in [-0.2, -0.15) is 0 Å². The molecule has 2 rings (SSSR count). The number of benzene rings is 2. The van der Waals surface area contributed by atoms with Crippen LogP contribution in [0.15, 0.2) is 35.3 Å². The van der Waals surface area contributed by atoms with E-state index in [2.05, 4.69) is 18.8 Å². The highest BCUT2D eigenvalue weighted by molar-refractivity contribution is 6.31. The maximum Gasteiger partial charge on any atom is 0.153 e. The quantitative estimate of drug-likeness (QED) is 0.640. The molecule has 1 N–H and O–H groups in total. The fourth-order valence-corrected chi connectivity index (χ4v) is 2.58. The fraction of sp³-hybridized carbons (Fsp3) is 0.222. The van der Waals surface area contributed by atoms with E-state index < -0.39 is 0 Å². The Morgan fingerprint density at radius 1 is 1.14 bits per heavy atom. The van der Waals surface area contributed by atoms with Crippen molar-refractivity contribution >= 4 is 29.8 Å². The number of nitrogens with zero attached hydrogens (tertiary/aromatic N) is 1. The number of aliphatic imine (C=N–C) groups is 1. The maximum absolute atomic E-state index is 10.9. The number of para-hydroxylation sites is 1. The third-order valence-corrected chi connectivity index (χ3v) is 3.78. The third-order valence-electron chi connectivity index (χ3n) is 3.56. The smallest absolute Gasteiger partial charge is 0.153 e. The number of phenols is 1. The number of aryl methyl sites for hydroxylation is 2. The molecule has 3 nitrogen and oxygen atoms in total. The van der Waals surface area contributed by atoms with E-state index in [-0.39, 0.29) is 11.3 Å². The van der Waals surface area contributed by atoms with Gasteiger partial charge in [-0.05, 0) is 36.1 Å².